The highest BCUT2D eigenvalue weighted by molar-refractivity contribution is 7.18. The van der Waals surface area contributed by atoms with E-state index in [1.54, 1.807) is 11.3 Å². The van der Waals surface area contributed by atoms with E-state index in [9.17, 15) is 0 Å². The average Bonchev–Trinajstić information content (AvgIpc) is 3.08. The van der Waals surface area contributed by atoms with Crippen LogP contribution in [-0.4, -0.2) is 16.0 Å². The summed E-state index contributed by atoms with van der Waals surface area (Å²) in [4.78, 5) is 11.0. The van der Waals surface area contributed by atoms with Gasteiger partial charge in [0.2, 0.25) is 5.95 Å². The maximum Gasteiger partial charge on any atom is 0.240 e. The third-order valence-corrected chi connectivity index (χ3v) is 4.36. The highest BCUT2D eigenvalue weighted by Crippen LogP contribution is 2.35. The second-order valence-electron chi connectivity index (χ2n) is 5.34. The predicted molar refractivity (Wildman–Crippen MR) is 80.4 cm³/mol. The lowest BCUT2D eigenvalue weighted by Gasteiger charge is -2.15. The van der Waals surface area contributed by atoms with Crippen molar-refractivity contribution in [3.05, 3.63) is 10.9 Å². The van der Waals surface area contributed by atoms with Gasteiger partial charge in [-0.15, -0.1) is 11.3 Å². The number of hydrogen-bond donors (Lipinski definition) is 3. The molecule has 2 aromatic rings. The lowest BCUT2D eigenvalue weighted by molar-refractivity contribution is 0.641. The molecular weight excluding hydrogens is 258 g/mol. The van der Waals surface area contributed by atoms with E-state index >= 15 is 0 Å². The fourth-order valence-corrected chi connectivity index (χ4v) is 3.24. The summed E-state index contributed by atoms with van der Waals surface area (Å²) >= 11 is 1.66. The molecule has 0 amide bonds. The summed E-state index contributed by atoms with van der Waals surface area (Å²) in [5.41, 5.74) is 2.54. The normalized spacial score (nSPS) is 16.6. The Bertz CT molecular complexity index is 590. The molecule has 1 fully saturated rings. The molecule has 6 heteroatoms. The van der Waals surface area contributed by atoms with E-state index < -0.39 is 0 Å². The van der Waals surface area contributed by atoms with E-state index in [1.165, 1.54) is 24.1 Å². The van der Waals surface area contributed by atoms with Crippen LogP contribution in [0.1, 0.15) is 31.1 Å². The number of nitrogens with two attached hydrogens (primary N) is 1. The molecule has 0 radical (unpaired) electrons. The number of hydrazine groups is 1. The fourth-order valence-electron chi connectivity index (χ4n) is 2.36. The van der Waals surface area contributed by atoms with Crippen LogP contribution in [0.4, 0.5) is 11.8 Å². The summed E-state index contributed by atoms with van der Waals surface area (Å²) < 4.78 is 0. The van der Waals surface area contributed by atoms with Gasteiger partial charge in [0, 0.05) is 10.9 Å². The highest BCUT2D eigenvalue weighted by atomic mass is 32.1. The quantitative estimate of drug-likeness (QED) is 0.579. The van der Waals surface area contributed by atoms with Crippen LogP contribution in [0.2, 0.25) is 0 Å². The molecule has 1 unspecified atom stereocenters. The lowest BCUT2D eigenvalue weighted by Crippen LogP contribution is -2.18. The van der Waals surface area contributed by atoms with E-state index in [1.807, 2.05) is 0 Å². The van der Waals surface area contributed by atoms with Gasteiger partial charge in [0.15, 0.2) is 0 Å². The van der Waals surface area contributed by atoms with Crippen LogP contribution in [0.3, 0.4) is 0 Å². The molecule has 1 aliphatic carbocycles. The standard InChI is InChI=1S/C13H19N5S/c1-7(5-9-3-4-9)15-11-10-6-8(2)19-12(10)17-13(16-11)18-14/h6-7,9H,3-5,14H2,1-2H3,(H2,15,16,17,18). The number of nitrogen functional groups attached to an aromatic ring is 1. The van der Waals surface area contributed by atoms with Crippen LogP contribution >= 0.6 is 11.3 Å². The molecule has 1 aliphatic rings. The van der Waals surface area contributed by atoms with E-state index in [-0.39, 0.29) is 0 Å². The molecular formula is C13H19N5S. The molecule has 19 heavy (non-hydrogen) atoms. The summed E-state index contributed by atoms with van der Waals surface area (Å²) in [6.07, 6.45) is 3.96. The Balaban J connectivity index is 1.90. The van der Waals surface area contributed by atoms with Gasteiger partial charge in [-0.2, -0.15) is 4.98 Å². The maximum absolute atomic E-state index is 5.44. The van der Waals surface area contributed by atoms with Crippen molar-refractivity contribution >= 4 is 33.3 Å². The van der Waals surface area contributed by atoms with Gasteiger partial charge >= 0.3 is 0 Å². The van der Waals surface area contributed by atoms with Crippen LogP contribution in [-0.2, 0) is 0 Å². The van der Waals surface area contributed by atoms with Gasteiger partial charge in [-0.05, 0) is 32.3 Å². The van der Waals surface area contributed by atoms with E-state index in [2.05, 4.69) is 40.6 Å². The monoisotopic (exact) mass is 277 g/mol. The first kappa shape index (κ1) is 12.6. The number of anilines is 2. The number of hydrogen-bond acceptors (Lipinski definition) is 6. The van der Waals surface area contributed by atoms with Gasteiger partial charge < -0.3 is 5.32 Å². The topological polar surface area (TPSA) is 75.9 Å². The third kappa shape index (κ3) is 2.79. The molecule has 0 bridgehead atoms. The first-order valence-electron chi connectivity index (χ1n) is 6.67. The summed E-state index contributed by atoms with van der Waals surface area (Å²) in [5.74, 6) is 7.69. The average molecular weight is 277 g/mol. The second kappa shape index (κ2) is 4.94. The number of nitrogens with one attached hydrogen (secondary N) is 2. The largest absolute Gasteiger partial charge is 0.367 e. The van der Waals surface area contributed by atoms with E-state index in [0.717, 1.165) is 22.0 Å². The molecule has 0 aliphatic heterocycles. The maximum atomic E-state index is 5.44. The number of aryl methyl sites for hydroxylation is 1. The van der Waals surface area contributed by atoms with Crippen molar-refractivity contribution in [2.45, 2.75) is 39.2 Å². The van der Waals surface area contributed by atoms with E-state index in [4.69, 9.17) is 5.84 Å². The van der Waals surface area contributed by atoms with Gasteiger partial charge in [0.05, 0.1) is 5.39 Å². The summed E-state index contributed by atoms with van der Waals surface area (Å²) in [7, 11) is 0. The Morgan fingerprint density at radius 1 is 1.47 bits per heavy atom. The molecule has 102 valence electrons. The Labute approximate surface area is 116 Å². The third-order valence-electron chi connectivity index (χ3n) is 3.41. The van der Waals surface area contributed by atoms with E-state index in [0.29, 0.717) is 12.0 Å². The molecule has 1 saturated carbocycles. The molecule has 0 aromatic carbocycles. The van der Waals surface area contributed by atoms with Crippen molar-refractivity contribution in [1.29, 1.82) is 0 Å². The Morgan fingerprint density at radius 3 is 2.95 bits per heavy atom. The minimum atomic E-state index is 0.427. The molecule has 0 spiro atoms. The number of aromatic nitrogens is 2. The minimum absolute atomic E-state index is 0.427. The van der Waals surface area contributed by atoms with Gasteiger partial charge in [-0.3, -0.25) is 5.43 Å². The van der Waals surface area contributed by atoms with Crippen molar-refractivity contribution in [2.75, 3.05) is 10.7 Å². The molecule has 2 heterocycles. The van der Waals surface area contributed by atoms with Crippen molar-refractivity contribution in [3.8, 4) is 0 Å². The predicted octanol–water partition coefficient (Wildman–Crippen LogP) is 2.89. The van der Waals surface area contributed by atoms with Gasteiger partial charge in [-0.25, -0.2) is 10.8 Å². The smallest absolute Gasteiger partial charge is 0.240 e. The molecule has 5 nitrogen and oxygen atoms in total. The minimum Gasteiger partial charge on any atom is -0.367 e. The number of rotatable bonds is 5. The van der Waals surface area contributed by atoms with Gasteiger partial charge in [-0.1, -0.05) is 12.8 Å². The van der Waals surface area contributed by atoms with Crippen molar-refractivity contribution < 1.29 is 0 Å². The van der Waals surface area contributed by atoms with Crippen LogP contribution in [0.15, 0.2) is 6.07 Å². The van der Waals surface area contributed by atoms with Crippen molar-refractivity contribution in [2.24, 2.45) is 11.8 Å². The molecule has 0 saturated heterocycles. The van der Waals surface area contributed by atoms with Crippen LogP contribution in [0.25, 0.3) is 10.2 Å². The second-order valence-corrected chi connectivity index (χ2v) is 6.58. The summed E-state index contributed by atoms with van der Waals surface area (Å²) in [6.45, 7) is 4.29. The molecule has 1 atom stereocenters. The molecule has 2 aromatic heterocycles. The fraction of sp³-hybridized carbons (Fsp3) is 0.538. The van der Waals surface area contributed by atoms with Gasteiger partial charge in [0.25, 0.3) is 0 Å². The van der Waals surface area contributed by atoms with Crippen LogP contribution in [0.5, 0.6) is 0 Å². The first-order chi connectivity index (χ1) is 9.15. The number of nitrogens with zero attached hydrogens (tertiary/aromatic N) is 2. The summed E-state index contributed by atoms with van der Waals surface area (Å²) in [5, 5.41) is 4.59. The number of thiophene rings is 1. The first-order valence-corrected chi connectivity index (χ1v) is 7.48. The van der Waals surface area contributed by atoms with Gasteiger partial charge in [0.1, 0.15) is 10.6 Å². The summed E-state index contributed by atoms with van der Waals surface area (Å²) in [6, 6.07) is 2.56. The zero-order chi connectivity index (χ0) is 13.4. The van der Waals surface area contributed by atoms with Crippen LogP contribution in [0, 0.1) is 12.8 Å². The lowest BCUT2D eigenvalue weighted by atomic mass is 10.1. The number of fused-ring (bicyclic) bond motifs is 1. The van der Waals surface area contributed by atoms with Crippen LogP contribution < -0.4 is 16.6 Å². The Kier molecular flexibility index (Phi) is 3.28. The molecule has 4 N–H and O–H groups in total. The Hall–Kier alpha value is -1.40. The Morgan fingerprint density at radius 2 is 2.26 bits per heavy atom. The van der Waals surface area contributed by atoms with Crippen molar-refractivity contribution in [3.63, 3.8) is 0 Å². The zero-order valence-electron chi connectivity index (χ0n) is 11.2. The highest BCUT2D eigenvalue weighted by Gasteiger charge is 2.24. The van der Waals surface area contributed by atoms with Crippen molar-refractivity contribution in [1.82, 2.24) is 9.97 Å². The molecule has 3 rings (SSSR count). The SMILES string of the molecule is Cc1cc2c(NC(C)CC3CC3)nc(NN)nc2s1. The zero-order valence-corrected chi connectivity index (χ0v) is 12.0.